The van der Waals surface area contributed by atoms with Gasteiger partial charge in [0.25, 0.3) is 0 Å². The van der Waals surface area contributed by atoms with Gasteiger partial charge in [-0.25, -0.2) is 0 Å². The zero-order chi connectivity index (χ0) is 18.8. The number of aromatic nitrogens is 1. The summed E-state index contributed by atoms with van der Waals surface area (Å²) >= 11 is 0. The first-order valence-corrected chi connectivity index (χ1v) is 9.23. The van der Waals surface area contributed by atoms with Gasteiger partial charge in [0.15, 0.2) is 5.96 Å². The van der Waals surface area contributed by atoms with Gasteiger partial charge in [0.1, 0.15) is 0 Å². The summed E-state index contributed by atoms with van der Waals surface area (Å²) in [5, 5.41) is 6.80. The minimum absolute atomic E-state index is 0. The van der Waals surface area contributed by atoms with Crippen LogP contribution in [0.1, 0.15) is 29.8 Å². The molecule has 1 aromatic heterocycles. The Bertz CT molecular complexity index is 671. The fourth-order valence-corrected chi connectivity index (χ4v) is 2.84. The number of hydrogen-bond donors (Lipinski definition) is 2. The fraction of sp³-hybridized carbons (Fsp3) is 0.429. The average Bonchev–Trinajstić information content (AvgIpc) is 2.67. The monoisotopic (exact) mass is 481 g/mol. The molecule has 2 rings (SSSR count). The number of nitrogens with one attached hydrogen (secondary N) is 2. The van der Waals surface area contributed by atoms with Gasteiger partial charge in [-0.15, -0.1) is 24.0 Å². The molecule has 0 radical (unpaired) electrons. The zero-order valence-electron chi connectivity index (χ0n) is 16.8. The molecule has 27 heavy (non-hydrogen) atoms. The van der Waals surface area contributed by atoms with Crippen molar-refractivity contribution in [3.63, 3.8) is 0 Å². The van der Waals surface area contributed by atoms with Crippen LogP contribution in [0.3, 0.4) is 0 Å². The lowest BCUT2D eigenvalue weighted by Crippen LogP contribution is -2.42. The molecule has 0 saturated heterocycles. The van der Waals surface area contributed by atoms with Crippen molar-refractivity contribution in [2.24, 2.45) is 4.99 Å². The second-order valence-corrected chi connectivity index (χ2v) is 6.53. The van der Waals surface area contributed by atoms with Crippen molar-refractivity contribution in [2.75, 3.05) is 34.2 Å². The summed E-state index contributed by atoms with van der Waals surface area (Å²) < 4.78 is 0. The number of benzene rings is 1. The van der Waals surface area contributed by atoms with Gasteiger partial charge in [-0.05, 0) is 43.8 Å². The smallest absolute Gasteiger partial charge is 0.191 e. The van der Waals surface area contributed by atoms with Gasteiger partial charge in [0, 0.05) is 38.4 Å². The molecule has 1 unspecified atom stereocenters. The number of halogens is 1. The number of rotatable bonds is 8. The second kappa shape index (κ2) is 12.7. The summed E-state index contributed by atoms with van der Waals surface area (Å²) in [5.41, 5.74) is 3.76. The summed E-state index contributed by atoms with van der Waals surface area (Å²) in [4.78, 5) is 10.9. The first-order valence-electron chi connectivity index (χ1n) is 9.23. The van der Waals surface area contributed by atoms with Crippen molar-refractivity contribution in [3.05, 3.63) is 65.5 Å². The lowest BCUT2D eigenvalue weighted by atomic mass is 10.0. The first kappa shape index (κ1) is 23.4. The Labute approximate surface area is 180 Å². The molecular weight excluding hydrogens is 449 g/mol. The maximum Gasteiger partial charge on any atom is 0.191 e. The van der Waals surface area contributed by atoms with Crippen LogP contribution in [0.15, 0.2) is 53.7 Å². The molecule has 2 aromatic rings. The van der Waals surface area contributed by atoms with Gasteiger partial charge < -0.3 is 15.5 Å². The molecule has 2 N–H and O–H groups in total. The summed E-state index contributed by atoms with van der Waals surface area (Å²) in [6, 6.07) is 15.2. The third-order valence-electron chi connectivity index (χ3n) is 4.48. The molecule has 0 saturated carbocycles. The van der Waals surface area contributed by atoms with Crippen molar-refractivity contribution in [1.82, 2.24) is 20.5 Å². The maximum atomic E-state index is 4.35. The third-order valence-corrected chi connectivity index (χ3v) is 4.48. The molecule has 0 fully saturated rings. The number of nitrogens with zero attached hydrogens (tertiary/aromatic N) is 3. The van der Waals surface area contributed by atoms with Crippen LogP contribution >= 0.6 is 24.0 Å². The van der Waals surface area contributed by atoms with Crippen LogP contribution in [-0.4, -0.2) is 50.1 Å². The Balaban J connectivity index is 0.00000364. The highest BCUT2D eigenvalue weighted by molar-refractivity contribution is 14.0. The normalized spacial score (nSPS) is 12.4. The minimum Gasteiger partial charge on any atom is -0.356 e. The van der Waals surface area contributed by atoms with E-state index in [9.17, 15) is 0 Å². The van der Waals surface area contributed by atoms with E-state index in [1.165, 1.54) is 11.1 Å². The summed E-state index contributed by atoms with van der Waals surface area (Å²) in [5.74, 6) is 0.818. The number of aryl methyl sites for hydroxylation is 1. The van der Waals surface area contributed by atoms with Crippen molar-refractivity contribution in [2.45, 2.75) is 25.8 Å². The molecule has 0 aliphatic rings. The largest absolute Gasteiger partial charge is 0.356 e. The van der Waals surface area contributed by atoms with E-state index in [2.05, 4.69) is 70.8 Å². The molecule has 0 amide bonds. The van der Waals surface area contributed by atoms with Gasteiger partial charge in [-0.1, -0.05) is 37.3 Å². The second-order valence-electron chi connectivity index (χ2n) is 6.53. The van der Waals surface area contributed by atoms with Crippen LogP contribution in [0.2, 0.25) is 0 Å². The van der Waals surface area contributed by atoms with Gasteiger partial charge in [-0.3, -0.25) is 9.98 Å². The molecule has 0 aliphatic heterocycles. The van der Waals surface area contributed by atoms with E-state index in [1.807, 2.05) is 24.4 Å². The Morgan fingerprint density at radius 3 is 2.41 bits per heavy atom. The lowest BCUT2D eigenvalue weighted by Gasteiger charge is -2.26. The van der Waals surface area contributed by atoms with E-state index in [0.717, 1.165) is 37.6 Å². The predicted octanol–water partition coefficient (Wildman–Crippen LogP) is 3.27. The average molecular weight is 481 g/mol. The standard InChI is InChI=1S/C21H31N5.HI/c1-5-17-9-11-18(12-10-17)20(26(3)4)16-25-21(22-2)24-15-13-19-8-6-7-14-23-19;/h6-12,14,20H,5,13,15-16H2,1-4H3,(H2,22,24,25);1H. The molecule has 6 heteroatoms. The van der Waals surface area contributed by atoms with E-state index in [0.29, 0.717) is 0 Å². The summed E-state index contributed by atoms with van der Waals surface area (Å²) in [6.45, 7) is 3.77. The molecule has 5 nitrogen and oxygen atoms in total. The number of likely N-dealkylation sites (N-methyl/N-ethyl adjacent to an activating group) is 1. The molecular formula is C21H32IN5. The van der Waals surface area contributed by atoms with Crippen LogP contribution < -0.4 is 10.6 Å². The quantitative estimate of drug-likeness (QED) is 0.345. The highest BCUT2D eigenvalue weighted by Crippen LogP contribution is 2.18. The van der Waals surface area contributed by atoms with Crippen LogP contribution in [0.5, 0.6) is 0 Å². The number of aliphatic imine (C=N–C) groups is 1. The highest BCUT2D eigenvalue weighted by atomic mass is 127. The van der Waals surface area contributed by atoms with Crippen molar-refractivity contribution < 1.29 is 0 Å². The Morgan fingerprint density at radius 2 is 1.85 bits per heavy atom. The fourth-order valence-electron chi connectivity index (χ4n) is 2.84. The molecule has 1 aromatic carbocycles. The molecule has 1 heterocycles. The Kier molecular flexibility index (Phi) is 11.0. The van der Waals surface area contributed by atoms with Gasteiger partial charge in [-0.2, -0.15) is 0 Å². The van der Waals surface area contributed by atoms with E-state index in [4.69, 9.17) is 0 Å². The van der Waals surface area contributed by atoms with E-state index < -0.39 is 0 Å². The molecule has 0 spiro atoms. The van der Waals surface area contributed by atoms with Crippen LogP contribution in [0.4, 0.5) is 0 Å². The predicted molar refractivity (Wildman–Crippen MR) is 125 cm³/mol. The minimum atomic E-state index is 0. The number of pyridine rings is 1. The van der Waals surface area contributed by atoms with E-state index in [1.54, 1.807) is 7.05 Å². The molecule has 148 valence electrons. The van der Waals surface area contributed by atoms with Crippen LogP contribution in [0, 0.1) is 0 Å². The zero-order valence-corrected chi connectivity index (χ0v) is 19.1. The summed E-state index contributed by atoms with van der Waals surface area (Å²) in [7, 11) is 6.02. The van der Waals surface area contributed by atoms with Crippen molar-refractivity contribution in [3.8, 4) is 0 Å². The van der Waals surface area contributed by atoms with Gasteiger partial charge >= 0.3 is 0 Å². The topological polar surface area (TPSA) is 52.6 Å². The molecule has 1 atom stereocenters. The van der Waals surface area contributed by atoms with Crippen molar-refractivity contribution >= 4 is 29.9 Å². The maximum absolute atomic E-state index is 4.35. The first-order chi connectivity index (χ1) is 12.6. The van der Waals surface area contributed by atoms with Crippen LogP contribution in [-0.2, 0) is 12.8 Å². The number of hydrogen-bond acceptors (Lipinski definition) is 3. The SMILES string of the molecule is CCc1ccc(C(CNC(=NC)NCCc2ccccn2)N(C)C)cc1.I. The van der Waals surface area contributed by atoms with E-state index in [-0.39, 0.29) is 30.0 Å². The number of guanidine groups is 1. The highest BCUT2D eigenvalue weighted by Gasteiger charge is 2.14. The van der Waals surface area contributed by atoms with Crippen LogP contribution in [0.25, 0.3) is 0 Å². The third kappa shape index (κ3) is 7.84. The Hall–Kier alpha value is -1.67. The lowest BCUT2D eigenvalue weighted by molar-refractivity contribution is 0.298. The van der Waals surface area contributed by atoms with Gasteiger partial charge in [0.05, 0.1) is 6.04 Å². The van der Waals surface area contributed by atoms with Crippen molar-refractivity contribution in [1.29, 1.82) is 0 Å². The molecule has 0 bridgehead atoms. The Morgan fingerprint density at radius 1 is 1.11 bits per heavy atom. The molecule has 0 aliphatic carbocycles. The summed E-state index contributed by atoms with van der Waals surface area (Å²) in [6.07, 6.45) is 3.77. The van der Waals surface area contributed by atoms with E-state index >= 15 is 0 Å². The van der Waals surface area contributed by atoms with Gasteiger partial charge in [0.2, 0.25) is 0 Å².